The van der Waals surface area contributed by atoms with Crippen molar-refractivity contribution in [2.45, 2.75) is 25.8 Å². The van der Waals surface area contributed by atoms with Gasteiger partial charge in [-0.15, -0.1) is 0 Å². The summed E-state index contributed by atoms with van der Waals surface area (Å²) in [5.41, 5.74) is 8.37. The Labute approximate surface area is 110 Å². The first-order valence-electron chi connectivity index (χ1n) is 6.44. The average molecular weight is 263 g/mol. The molecule has 0 aliphatic carbocycles. The molecule has 100 valence electrons. The molecule has 2 heterocycles. The van der Waals surface area contributed by atoms with Gasteiger partial charge in [0, 0.05) is 29.8 Å². The van der Waals surface area contributed by atoms with Gasteiger partial charge >= 0.3 is 0 Å². The summed E-state index contributed by atoms with van der Waals surface area (Å²) in [6, 6.07) is 3.53. The van der Waals surface area contributed by atoms with Gasteiger partial charge < -0.3 is 5.73 Å². The van der Waals surface area contributed by atoms with E-state index in [1.807, 2.05) is 4.68 Å². The summed E-state index contributed by atoms with van der Waals surface area (Å²) in [4.78, 5) is 0. The summed E-state index contributed by atoms with van der Waals surface area (Å²) in [6.45, 7) is 1.28. The van der Waals surface area contributed by atoms with E-state index in [0.717, 1.165) is 48.5 Å². The van der Waals surface area contributed by atoms with Gasteiger partial charge in [-0.1, -0.05) is 0 Å². The summed E-state index contributed by atoms with van der Waals surface area (Å²) in [7, 11) is 0. The standard InChI is InChI=1S/C14H15F2N3/c15-9-3-4-11(16)10(8-9)14-12(5-6-17)18-19-7-1-2-13(14)19/h3-4,8H,1-2,5-7,17H2. The van der Waals surface area contributed by atoms with Crippen molar-refractivity contribution < 1.29 is 8.78 Å². The second-order valence-electron chi connectivity index (χ2n) is 4.76. The minimum atomic E-state index is -0.437. The van der Waals surface area contributed by atoms with Crippen LogP contribution in [0, 0.1) is 11.6 Å². The predicted molar refractivity (Wildman–Crippen MR) is 68.7 cm³/mol. The quantitative estimate of drug-likeness (QED) is 0.923. The van der Waals surface area contributed by atoms with E-state index >= 15 is 0 Å². The zero-order chi connectivity index (χ0) is 13.4. The van der Waals surface area contributed by atoms with E-state index in [2.05, 4.69) is 5.10 Å². The number of aromatic nitrogens is 2. The molecule has 1 aromatic heterocycles. The van der Waals surface area contributed by atoms with Gasteiger partial charge in [0.25, 0.3) is 0 Å². The van der Waals surface area contributed by atoms with E-state index in [1.54, 1.807) is 0 Å². The van der Waals surface area contributed by atoms with Crippen LogP contribution in [0.1, 0.15) is 17.8 Å². The monoisotopic (exact) mass is 263 g/mol. The van der Waals surface area contributed by atoms with Crippen molar-refractivity contribution >= 4 is 0 Å². The van der Waals surface area contributed by atoms with Crippen LogP contribution in [0.5, 0.6) is 0 Å². The molecule has 0 atom stereocenters. The van der Waals surface area contributed by atoms with E-state index in [0.29, 0.717) is 18.5 Å². The van der Waals surface area contributed by atoms with Gasteiger partial charge in [0.15, 0.2) is 0 Å². The third-order valence-corrected chi connectivity index (χ3v) is 3.49. The second kappa shape index (κ2) is 4.74. The average Bonchev–Trinajstić information content (AvgIpc) is 2.93. The Morgan fingerprint density at radius 3 is 2.95 bits per heavy atom. The fourth-order valence-corrected chi connectivity index (χ4v) is 2.70. The van der Waals surface area contributed by atoms with Crippen LogP contribution in [0.2, 0.25) is 0 Å². The van der Waals surface area contributed by atoms with Crippen LogP contribution in [0.15, 0.2) is 18.2 Å². The van der Waals surface area contributed by atoms with E-state index in [1.165, 1.54) is 6.07 Å². The first-order chi connectivity index (χ1) is 9.20. The molecule has 0 unspecified atom stereocenters. The topological polar surface area (TPSA) is 43.8 Å². The Kier molecular flexibility index (Phi) is 3.06. The number of aryl methyl sites for hydroxylation is 1. The lowest BCUT2D eigenvalue weighted by molar-refractivity contribution is 0.603. The van der Waals surface area contributed by atoms with Crippen LogP contribution in [-0.4, -0.2) is 16.3 Å². The minimum Gasteiger partial charge on any atom is -0.330 e. The Bertz CT molecular complexity index is 619. The lowest BCUT2D eigenvalue weighted by atomic mass is 9.99. The number of fused-ring (bicyclic) bond motifs is 1. The minimum absolute atomic E-state index is 0.298. The van der Waals surface area contributed by atoms with Crippen LogP contribution in [-0.2, 0) is 19.4 Å². The molecule has 1 aromatic carbocycles. The molecular weight excluding hydrogens is 248 g/mol. The molecule has 1 aliphatic rings. The molecule has 5 heteroatoms. The molecule has 0 amide bonds. The maximum atomic E-state index is 14.0. The molecule has 0 radical (unpaired) electrons. The van der Waals surface area contributed by atoms with Gasteiger partial charge in [0.2, 0.25) is 0 Å². The number of halogens is 2. The highest BCUT2D eigenvalue weighted by molar-refractivity contribution is 5.70. The Morgan fingerprint density at radius 1 is 1.32 bits per heavy atom. The summed E-state index contributed by atoms with van der Waals surface area (Å²) < 4.78 is 29.3. The van der Waals surface area contributed by atoms with Gasteiger partial charge in [0.05, 0.1) is 5.69 Å². The molecule has 0 saturated heterocycles. The normalized spacial score (nSPS) is 13.8. The van der Waals surface area contributed by atoms with Crippen LogP contribution in [0.4, 0.5) is 8.78 Å². The van der Waals surface area contributed by atoms with Crippen molar-refractivity contribution in [1.29, 1.82) is 0 Å². The van der Waals surface area contributed by atoms with Crippen LogP contribution >= 0.6 is 0 Å². The molecule has 2 aromatic rings. The molecule has 19 heavy (non-hydrogen) atoms. The number of hydrogen-bond donors (Lipinski definition) is 1. The molecule has 3 rings (SSSR count). The number of nitrogens with zero attached hydrogens (tertiary/aromatic N) is 2. The predicted octanol–water partition coefficient (Wildman–Crippen LogP) is 2.28. The number of benzene rings is 1. The van der Waals surface area contributed by atoms with Crippen molar-refractivity contribution in [3.63, 3.8) is 0 Å². The Balaban J connectivity index is 2.20. The highest BCUT2D eigenvalue weighted by Crippen LogP contribution is 2.34. The number of nitrogens with two attached hydrogens (primary N) is 1. The van der Waals surface area contributed by atoms with Crippen LogP contribution in [0.3, 0.4) is 0 Å². The van der Waals surface area contributed by atoms with Crippen molar-refractivity contribution in [1.82, 2.24) is 9.78 Å². The molecule has 0 bridgehead atoms. The van der Waals surface area contributed by atoms with Crippen molar-refractivity contribution in [2.75, 3.05) is 6.54 Å². The fraction of sp³-hybridized carbons (Fsp3) is 0.357. The first-order valence-corrected chi connectivity index (χ1v) is 6.44. The van der Waals surface area contributed by atoms with Gasteiger partial charge in [-0.25, -0.2) is 8.78 Å². The van der Waals surface area contributed by atoms with Crippen molar-refractivity contribution in [3.05, 3.63) is 41.2 Å². The fourth-order valence-electron chi connectivity index (χ4n) is 2.70. The molecule has 0 fully saturated rings. The van der Waals surface area contributed by atoms with Gasteiger partial charge in [-0.3, -0.25) is 4.68 Å². The molecule has 1 aliphatic heterocycles. The Hall–Kier alpha value is -1.75. The van der Waals surface area contributed by atoms with Crippen LogP contribution in [0.25, 0.3) is 11.1 Å². The summed E-state index contributed by atoms with van der Waals surface area (Å²) in [6.07, 6.45) is 2.42. The van der Waals surface area contributed by atoms with Gasteiger partial charge in [0.1, 0.15) is 11.6 Å². The molecular formula is C14H15F2N3. The highest BCUT2D eigenvalue weighted by atomic mass is 19.1. The van der Waals surface area contributed by atoms with E-state index in [9.17, 15) is 8.78 Å². The largest absolute Gasteiger partial charge is 0.330 e. The van der Waals surface area contributed by atoms with Crippen molar-refractivity contribution in [2.24, 2.45) is 5.73 Å². The summed E-state index contributed by atoms with van der Waals surface area (Å²) in [5, 5.41) is 4.48. The lowest BCUT2D eigenvalue weighted by Crippen LogP contribution is -2.05. The molecule has 2 N–H and O–H groups in total. The highest BCUT2D eigenvalue weighted by Gasteiger charge is 2.24. The van der Waals surface area contributed by atoms with Crippen LogP contribution < -0.4 is 5.73 Å². The summed E-state index contributed by atoms with van der Waals surface area (Å²) in [5.74, 6) is -0.851. The van der Waals surface area contributed by atoms with Gasteiger partial charge in [-0.2, -0.15) is 5.10 Å². The maximum absolute atomic E-state index is 14.0. The zero-order valence-electron chi connectivity index (χ0n) is 10.5. The molecule has 0 saturated carbocycles. The molecule has 0 spiro atoms. The maximum Gasteiger partial charge on any atom is 0.131 e. The third-order valence-electron chi connectivity index (χ3n) is 3.49. The SMILES string of the molecule is NCCc1nn2c(c1-c1cc(F)ccc1F)CCC2. The number of rotatable bonds is 3. The summed E-state index contributed by atoms with van der Waals surface area (Å²) >= 11 is 0. The lowest BCUT2D eigenvalue weighted by Gasteiger charge is -2.06. The number of hydrogen-bond acceptors (Lipinski definition) is 2. The van der Waals surface area contributed by atoms with Gasteiger partial charge in [-0.05, 0) is 37.6 Å². The zero-order valence-corrected chi connectivity index (χ0v) is 10.5. The van der Waals surface area contributed by atoms with E-state index < -0.39 is 11.6 Å². The second-order valence-corrected chi connectivity index (χ2v) is 4.76. The smallest absolute Gasteiger partial charge is 0.131 e. The third kappa shape index (κ3) is 2.04. The van der Waals surface area contributed by atoms with E-state index in [-0.39, 0.29) is 0 Å². The first kappa shape index (κ1) is 12.3. The Morgan fingerprint density at radius 2 is 2.16 bits per heavy atom. The molecule has 3 nitrogen and oxygen atoms in total. The van der Waals surface area contributed by atoms with E-state index in [4.69, 9.17) is 5.73 Å². The van der Waals surface area contributed by atoms with Crippen molar-refractivity contribution in [3.8, 4) is 11.1 Å².